The van der Waals surface area contributed by atoms with E-state index in [4.69, 9.17) is 0 Å². The summed E-state index contributed by atoms with van der Waals surface area (Å²) in [7, 11) is 0. The zero-order chi connectivity index (χ0) is 8.72. The Morgan fingerprint density at radius 1 is 1.08 bits per heavy atom. The van der Waals surface area contributed by atoms with Crippen molar-refractivity contribution in [2.45, 2.75) is 20.8 Å². The van der Waals surface area contributed by atoms with Crippen molar-refractivity contribution in [3.63, 3.8) is 0 Å². The van der Waals surface area contributed by atoms with Gasteiger partial charge in [-0.25, -0.2) is 0 Å². The van der Waals surface area contributed by atoms with Crippen LogP contribution in [-0.4, -0.2) is 4.40 Å². The molecule has 2 heterocycles. The first-order chi connectivity index (χ1) is 5.68. The normalized spacial score (nSPS) is 10.9. The summed E-state index contributed by atoms with van der Waals surface area (Å²) in [6.45, 7) is 6.41. The lowest BCUT2D eigenvalue weighted by Gasteiger charge is -1.99. The zero-order valence-electron chi connectivity index (χ0n) is 7.76. The van der Waals surface area contributed by atoms with Crippen molar-refractivity contribution >= 4 is 5.52 Å². The second-order valence-corrected chi connectivity index (χ2v) is 3.43. The lowest BCUT2D eigenvalue weighted by Crippen LogP contribution is -1.87. The highest BCUT2D eigenvalue weighted by Crippen LogP contribution is 2.15. The Labute approximate surface area is 72.6 Å². The van der Waals surface area contributed by atoms with Crippen LogP contribution in [0.5, 0.6) is 0 Å². The number of hydrogen-bond donors (Lipinski definition) is 0. The lowest BCUT2D eigenvalue weighted by atomic mass is 10.2. The van der Waals surface area contributed by atoms with Crippen LogP contribution < -0.4 is 0 Å². The molecule has 0 fully saturated rings. The van der Waals surface area contributed by atoms with Crippen molar-refractivity contribution < 1.29 is 0 Å². The average molecular weight is 159 g/mol. The third-order valence-corrected chi connectivity index (χ3v) is 2.31. The summed E-state index contributed by atoms with van der Waals surface area (Å²) >= 11 is 0. The Hall–Kier alpha value is -1.24. The van der Waals surface area contributed by atoms with Gasteiger partial charge in [0, 0.05) is 17.4 Å². The van der Waals surface area contributed by atoms with Gasteiger partial charge in [-0.1, -0.05) is 6.07 Å². The van der Waals surface area contributed by atoms with Crippen LogP contribution in [0.3, 0.4) is 0 Å². The van der Waals surface area contributed by atoms with Crippen molar-refractivity contribution in [2.75, 3.05) is 0 Å². The molecular weight excluding hydrogens is 146 g/mol. The van der Waals surface area contributed by atoms with E-state index in [0.29, 0.717) is 0 Å². The van der Waals surface area contributed by atoms with Gasteiger partial charge in [0.05, 0.1) is 0 Å². The molecule has 62 valence electrons. The molecule has 1 nitrogen and oxygen atoms in total. The smallest absolute Gasteiger partial charge is 0.0482 e. The molecule has 2 aromatic heterocycles. The van der Waals surface area contributed by atoms with E-state index in [1.54, 1.807) is 0 Å². The number of fused-ring (bicyclic) bond motifs is 1. The molecule has 12 heavy (non-hydrogen) atoms. The maximum Gasteiger partial charge on any atom is 0.0482 e. The molecule has 0 radical (unpaired) electrons. The van der Waals surface area contributed by atoms with E-state index in [1.165, 1.54) is 22.3 Å². The minimum atomic E-state index is 1.31. The summed E-state index contributed by atoms with van der Waals surface area (Å²) in [6.07, 6.45) is 2.18. The Morgan fingerprint density at radius 2 is 1.83 bits per heavy atom. The summed E-state index contributed by atoms with van der Waals surface area (Å²) in [5.74, 6) is 0. The maximum atomic E-state index is 2.24. The molecule has 0 saturated heterocycles. The van der Waals surface area contributed by atoms with Crippen molar-refractivity contribution in [3.8, 4) is 0 Å². The van der Waals surface area contributed by atoms with E-state index >= 15 is 0 Å². The zero-order valence-corrected chi connectivity index (χ0v) is 7.76. The van der Waals surface area contributed by atoms with Gasteiger partial charge in [0.15, 0.2) is 0 Å². The molecule has 0 unspecified atom stereocenters. The molecule has 0 aliphatic rings. The Morgan fingerprint density at radius 3 is 2.58 bits per heavy atom. The second-order valence-electron chi connectivity index (χ2n) is 3.43. The molecular formula is C11H13N. The molecule has 0 saturated carbocycles. The molecule has 0 aliphatic heterocycles. The van der Waals surface area contributed by atoms with Gasteiger partial charge in [-0.2, -0.15) is 0 Å². The number of pyridine rings is 1. The largest absolute Gasteiger partial charge is 0.321 e. The summed E-state index contributed by atoms with van der Waals surface area (Å²) in [6, 6.07) is 6.55. The third kappa shape index (κ3) is 0.934. The van der Waals surface area contributed by atoms with Crippen LogP contribution in [0, 0.1) is 20.8 Å². The highest BCUT2D eigenvalue weighted by atomic mass is 14.9. The minimum absolute atomic E-state index is 1.31. The number of aryl methyl sites for hydroxylation is 3. The van der Waals surface area contributed by atoms with Crippen LogP contribution >= 0.6 is 0 Å². The van der Waals surface area contributed by atoms with Crippen LogP contribution in [0.25, 0.3) is 5.52 Å². The Kier molecular flexibility index (Phi) is 1.47. The molecule has 0 N–H and O–H groups in total. The average Bonchev–Trinajstić information content (AvgIpc) is 2.28. The van der Waals surface area contributed by atoms with Crippen molar-refractivity contribution in [2.24, 2.45) is 0 Å². The van der Waals surface area contributed by atoms with Gasteiger partial charge >= 0.3 is 0 Å². The van der Waals surface area contributed by atoms with Gasteiger partial charge in [-0.05, 0) is 44.0 Å². The number of hydrogen-bond acceptors (Lipinski definition) is 0. The first kappa shape index (κ1) is 7.41. The molecule has 0 amide bonds. The van der Waals surface area contributed by atoms with E-state index in [1.807, 2.05) is 0 Å². The molecule has 2 rings (SSSR count). The number of rotatable bonds is 0. The fraction of sp³-hybridized carbons (Fsp3) is 0.273. The van der Waals surface area contributed by atoms with Gasteiger partial charge < -0.3 is 4.40 Å². The number of nitrogens with zero attached hydrogens (tertiary/aromatic N) is 1. The highest BCUT2D eigenvalue weighted by molar-refractivity contribution is 5.57. The molecule has 0 spiro atoms. The van der Waals surface area contributed by atoms with E-state index in [0.717, 1.165) is 0 Å². The molecule has 0 aromatic carbocycles. The number of aromatic nitrogens is 1. The fourth-order valence-electron chi connectivity index (χ4n) is 1.68. The second kappa shape index (κ2) is 2.37. The first-order valence-electron chi connectivity index (χ1n) is 4.23. The molecule has 0 bridgehead atoms. The fourth-order valence-corrected chi connectivity index (χ4v) is 1.68. The molecule has 0 aliphatic carbocycles. The molecule has 0 atom stereocenters. The van der Waals surface area contributed by atoms with Gasteiger partial charge in [-0.15, -0.1) is 0 Å². The maximum absolute atomic E-state index is 2.24. The molecule has 2 aromatic rings. The SMILES string of the molecule is Cc1ccc2c(C)cc(C)n2c1. The van der Waals surface area contributed by atoms with Crippen LogP contribution in [-0.2, 0) is 0 Å². The third-order valence-electron chi connectivity index (χ3n) is 2.31. The Balaban J connectivity index is 2.90. The van der Waals surface area contributed by atoms with Crippen molar-refractivity contribution in [1.29, 1.82) is 0 Å². The Bertz CT molecular complexity index is 424. The van der Waals surface area contributed by atoms with E-state index < -0.39 is 0 Å². The van der Waals surface area contributed by atoms with E-state index in [9.17, 15) is 0 Å². The lowest BCUT2D eigenvalue weighted by molar-refractivity contribution is 1.09. The van der Waals surface area contributed by atoms with E-state index in [2.05, 4.69) is 49.6 Å². The summed E-state index contributed by atoms with van der Waals surface area (Å²) in [5.41, 5.74) is 5.29. The van der Waals surface area contributed by atoms with Crippen LogP contribution in [0.15, 0.2) is 24.4 Å². The topological polar surface area (TPSA) is 4.41 Å². The van der Waals surface area contributed by atoms with Crippen LogP contribution in [0.1, 0.15) is 16.8 Å². The van der Waals surface area contributed by atoms with Gasteiger partial charge in [-0.3, -0.25) is 0 Å². The first-order valence-corrected chi connectivity index (χ1v) is 4.23. The van der Waals surface area contributed by atoms with Crippen LogP contribution in [0.4, 0.5) is 0 Å². The van der Waals surface area contributed by atoms with Gasteiger partial charge in [0.2, 0.25) is 0 Å². The summed E-state index contributed by atoms with van der Waals surface area (Å²) in [5, 5.41) is 0. The monoisotopic (exact) mass is 159 g/mol. The summed E-state index contributed by atoms with van der Waals surface area (Å²) < 4.78 is 2.24. The predicted octanol–water partition coefficient (Wildman–Crippen LogP) is 2.86. The highest BCUT2D eigenvalue weighted by Gasteiger charge is 2.00. The quantitative estimate of drug-likeness (QED) is 0.556. The van der Waals surface area contributed by atoms with E-state index in [-0.39, 0.29) is 0 Å². The van der Waals surface area contributed by atoms with Crippen LogP contribution in [0.2, 0.25) is 0 Å². The minimum Gasteiger partial charge on any atom is -0.321 e. The summed E-state index contributed by atoms with van der Waals surface area (Å²) in [4.78, 5) is 0. The van der Waals surface area contributed by atoms with Crippen molar-refractivity contribution in [1.82, 2.24) is 4.40 Å². The van der Waals surface area contributed by atoms with Crippen molar-refractivity contribution in [3.05, 3.63) is 41.2 Å². The molecule has 1 heteroatoms. The standard InChI is InChI=1S/C11H13N/c1-8-4-5-11-9(2)6-10(3)12(11)7-8/h4-7H,1-3H3. The predicted molar refractivity (Wildman–Crippen MR) is 51.6 cm³/mol. The van der Waals surface area contributed by atoms with Gasteiger partial charge in [0.25, 0.3) is 0 Å². The van der Waals surface area contributed by atoms with Gasteiger partial charge in [0.1, 0.15) is 0 Å².